The fourth-order valence-corrected chi connectivity index (χ4v) is 5.59. The van der Waals surface area contributed by atoms with Gasteiger partial charge in [-0.25, -0.2) is 0 Å². The monoisotopic (exact) mass is 497 g/mol. The number of hydrogen-bond donors (Lipinski definition) is 2. The first-order valence-corrected chi connectivity index (χ1v) is 11.4. The van der Waals surface area contributed by atoms with Crippen molar-refractivity contribution >= 4 is 30.7 Å². The van der Waals surface area contributed by atoms with E-state index in [2.05, 4.69) is 31.1 Å². The summed E-state index contributed by atoms with van der Waals surface area (Å²) in [5.41, 5.74) is 0.546. The molecule has 5 rings (SSSR count). The summed E-state index contributed by atoms with van der Waals surface area (Å²) in [6, 6.07) is 10.3. The second kappa shape index (κ2) is 11.6. The molecule has 1 aromatic carbocycles. The van der Waals surface area contributed by atoms with Gasteiger partial charge in [0.2, 0.25) is 5.91 Å². The number of hydrogen-bond acceptors (Lipinski definition) is 7. The van der Waals surface area contributed by atoms with Gasteiger partial charge in [-0.3, -0.25) is 9.69 Å². The molecule has 33 heavy (non-hydrogen) atoms. The van der Waals surface area contributed by atoms with Crippen molar-refractivity contribution in [3.8, 4) is 5.69 Å². The lowest BCUT2D eigenvalue weighted by atomic mass is 9.61. The van der Waals surface area contributed by atoms with Gasteiger partial charge in [-0.2, -0.15) is 4.68 Å². The SMILES string of the molecule is Cl.Cl.O=C(NCc1nnnn1-c1ccccc1)[C@@]12CC[C@H](N3CCOCC3)C[C@H]1CCNC2. The smallest absolute Gasteiger partial charge is 0.228 e. The van der Waals surface area contributed by atoms with Crippen molar-refractivity contribution in [3.05, 3.63) is 36.2 Å². The number of amides is 1. The molecule has 3 heterocycles. The number of nitrogens with one attached hydrogen (secondary N) is 2. The molecular formula is C22H33Cl2N7O2. The van der Waals surface area contributed by atoms with Gasteiger partial charge in [0, 0.05) is 25.7 Å². The van der Waals surface area contributed by atoms with E-state index in [9.17, 15) is 4.79 Å². The Kier molecular flexibility index (Phi) is 9.06. The summed E-state index contributed by atoms with van der Waals surface area (Å²) in [6.07, 6.45) is 4.13. The molecule has 182 valence electrons. The third-order valence-corrected chi connectivity index (χ3v) is 7.33. The van der Waals surface area contributed by atoms with Crippen LogP contribution in [0, 0.1) is 11.3 Å². The number of benzene rings is 1. The average molecular weight is 498 g/mol. The Labute approximate surface area is 206 Å². The van der Waals surface area contributed by atoms with E-state index in [1.54, 1.807) is 4.68 Å². The van der Waals surface area contributed by atoms with Crippen LogP contribution < -0.4 is 10.6 Å². The Morgan fingerprint density at radius 3 is 2.76 bits per heavy atom. The molecule has 11 heteroatoms. The lowest BCUT2D eigenvalue weighted by Gasteiger charge is -2.50. The Morgan fingerprint density at radius 2 is 1.97 bits per heavy atom. The fraction of sp³-hybridized carbons (Fsp3) is 0.636. The molecule has 1 aromatic heterocycles. The van der Waals surface area contributed by atoms with E-state index in [-0.39, 0.29) is 36.1 Å². The van der Waals surface area contributed by atoms with Gasteiger partial charge in [0.05, 0.1) is 30.9 Å². The Bertz CT molecular complexity index is 894. The maximum absolute atomic E-state index is 13.5. The number of rotatable bonds is 5. The molecule has 1 aliphatic carbocycles. The zero-order chi connectivity index (χ0) is 21.1. The molecule has 0 unspecified atom stereocenters. The van der Waals surface area contributed by atoms with Crippen molar-refractivity contribution in [3.63, 3.8) is 0 Å². The minimum Gasteiger partial charge on any atom is -0.379 e. The minimum absolute atomic E-state index is 0. The van der Waals surface area contributed by atoms with E-state index in [1.807, 2.05) is 30.3 Å². The number of carbonyl (C=O) groups is 1. The van der Waals surface area contributed by atoms with E-state index >= 15 is 0 Å². The van der Waals surface area contributed by atoms with E-state index in [0.29, 0.717) is 24.3 Å². The van der Waals surface area contributed by atoms with Crippen LogP contribution in [0.5, 0.6) is 0 Å². The number of nitrogens with zero attached hydrogens (tertiary/aromatic N) is 5. The number of tetrazole rings is 1. The molecule has 9 nitrogen and oxygen atoms in total. The molecule has 2 aromatic rings. The standard InChI is InChI=1S/C22H31N7O2.2ClH/c30-21(24-15-20-25-26-27-29(20)18-4-2-1-3-5-18)22-8-6-19(28-10-12-31-13-11-28)14-17(22)7-9-23-16-22;;/h1-5,17,19,23H,6-16H2,(H,24,30);2*1H/t17-,19+,22-;;/m1../s1. The lowest BCUT2D eigenvalue weighted by molar-refractivity contribution is -0.140. The normalized spacial score (nSPS) is 27.5. The molecule has 2 aliphatic heterocycles. The molecule has 3 atom stereocenters. The van der Waals surface area contributed by atoms with Gasteiger partial charge in [0.15, 0.2) is 5.82 Å². The summed E-state index contributed by atoms with van der Waals surface area (Å²) in [7, 11) is 0. The van der Waals surface area contributed by atoms with E-state index < -0.39 is 0 Å². The highest BCUT2D eigenvalue weighted by Crippen LogP contribution is 2.46. The Hall–Kier alpha value is -1.78. The topological polar surface area (TPSA) is 97.2 Å². The molecular weight excluding hydrogens is 465 g/mol. The van der Waals surface area contributed by atoms with Gasteiger partial charge in [-0.15, -0.1) is 29.9 Å². The number of morpholine rings is 1. The Morgan fingerprint density at radius 1 is 1.18 bits per heavy atom. The summed E-state index contributed by atoms with van der Waals surface area (Å²) in [4.78, 5) is 16.1. The average Bonchev–Trinajstić information content (AvgIpc) is 3.32. The van der Waals surface area contributed by atoms with Crippen molar-refractivity contribution in [2.24, 2.45) is 11.3 Å². The predicted molar refractivity (Wildman–Crippen MR) is 129 cm³/mol. The molecule has 0 bridgehead atoms. The lowest BCUT2D eigenvalue weighted by Crippen LogP contribution is -2.60. The molecule has 3 aliphatic rings. The van der Waals surface area contributed by atoms with Crippen LogP contribution >= 0.6 is 24.8 Å². The highest BCUT2D eigenvalue weighted by Gasteiger charge is 2.50. The van der Waals surface area contributed by atoms with Gasteiger partial charge in [0.1, 0.15) is 0 Å². The van der Waals surface area contributed by atoms with Crippen molar-refractivity contribution < 1.29 is 9.53 Å². The molecule has 0 radical (unpaired) electrons. The Balaban J connectivity index is 0.00000153. The van der Waals surface area contributed by atoms with Crippen LogP contribution in [0.1, 0.15) is 31.5 Å². The van der Waals surface area contributed by atoms with Crippen LogP contribution in [-0.4, -0.2) is 76.4 Å². The zero-order valence-electron chi connectivity index (χ0n) is 18.7. The van der Waals surface area contributed by atoms with E-state index in [0.717, 1.165) is 70.8 Å². The summed E-state index contributed by atoms with van der Waals surface area (Å²) in [5.74, 6) is 1.17. The van der Waals surface area contributed by atoms with Crippen molar-refractivity contribution in [2.45, 2.75) is 38.3 Å². The molecule has 2 N–H and O–H groups in total. The van der Waals surface area contributed by atoms with Gasteiger partial charge in [-0.05, 0) is 60.7 Å². The van der Waals surface area contributed by atoms with Crippen molar-refractivity contribution in [2.75, 3.05) is 39.4 Å². The fourth-order valence-electron chi connectivity index (χ4n) is 5.59. The summed E-state index contributed by atoms with van der Waals surface area (Å²) >= 11 is 0. The number of carbonyl (C=O) groups excluding carboxylic acids is 1. The number of ether oxygens (including phenoxy) is 1. The highest BCUT2D eigenvalue weighted by atomic mass is 35.5. The first-order valence-electron chi connectivity index (χ1n) is 11.4. The number of halogens is 2. The van der Waals surface area contributed by atoms with Crippen LogP contribution in [0.4, 0.5) is 0 Å². The summed E-state index contributed by atoms with van der Waals surface area (Å²) in [6.45, 7) is 5.73. The number of para-hydroxylation sites is 1. The van der Waals surface area contributed by atoms with Crippen LogP contribution in [0.15, 0.2) is 30.3 Å². The molecule has 2 saturated heterocycles. The third-order valence-electron chi connectivity index (χ3n) is 7.33. The molecule has 3 fully saturated rings. The molecule has 1 amide bonds. The van der Waals surface area contributed by atoms with Crippen LogP contribution in [0.25, 0.3) is 5.69 Å². The van der Waals surface area contributed by atoms with Gasteiger partial charge in [0.25, 0.3) is 0 Å². The minimum atomic E-state index is -0.341. The van der Waals surface area contributed by atoms with Crippen LogP contribution in [0.3, 0.4) is 0 Å². The van der Waals surface area contributed by atoms with E-state index in [1.165, 1.54) is 0 Å². The number of fused-ring (bicyclic) bond motifs is 1. The first-order chi connectivity index (χ1) is 15.3. The second-order valence-electron chi connectivity index (χ2n) is 8.92. The maximum Gasteiger partial charge on any atom is 0.228 e. The molecule has 0 spiro atoms. The van der Waals surface area contributed by atoms with Gasteiger partial charge < -0.3 is 15.4 Å². The predicted octanol–water partition coefficient (Wildman–Crippen LogP) is 1.60. The summed E-state index contributed by atoms with van der Waals surface area (Å²) in [5, 5.41) is 18.7. The molecule has 1 saturated carbocycles. The van der Waals surface area contributed by atoms with Crippen LogP contribution in [-0.2, 0) is 16.1 Å². The number of piperidine rings is 1. The largest absolute Gasteiger partial charge is 0.379 e. The zero-order valence-corrected chi connectivity index (χ0v) is 20.3. The maximum atomic E-state index is 13.5. The highest BCUT2D eigenvalue weighted by molar-refractivity contribution is 5.85. The van der Waals surface area contributed by atoms with Gasteiger partial charge in [-0.1, -0.05) is 18.2 Å². The van der Waals surface area contributed by atoms with Crippen LogP contribution in [0.2, 0.25) is 0 Å². The second-order valence-corrected chi connectivity index (χ2v) is 8.92. The summed E-state index contributed by atoms with van der Waals surface area (Å²) < 4.78 is 7.21. The third kappa shape index (κ3) is 5.33. The van der Waals surface area contributed by atoms with Gasteiger partial charge >= 0.3 is 0 Å². The quantitative estimate of drug-likeness (QED) is 0.647. The first kappa shape index (κ1) is 25.8. The van der Waals surface area contributed by atoms with E-state index in [4.69, 9.17) is 4.74 Å². The number of aromatic nitrogens is 4. The van der Waals surface area contributed by atoms with Crippen molar-refractivity contribution in [1.82, 2.24) is 35.7 Å². The van der Waals surface area contributed by atoms with Crippen molar-refractivity contribution in [1.29, 1.82) is 0 Å².